The first kappa shape index (κ1) is 15.4. The number of hydrogen-bond donors (Lipinski definition) is 1. The number of amides is 1. The third-order valence-electron chi connectivity index (χ3n) is 3.06. The van der Waals surface area contributed by atoms with Crippen LogP contribution in [0.3, 0.4) is 0 Å². The zero-order chi connectivity index (χ0) is 14.4. The lowest BCUT2D eigenvalue weighted by molar-refractivity contribution is -0.118. The number of carbonyl (C=O) groups excluding carboxylic acids is 2. The second-order valence-electron chi connectivity index (χ2n) is 5.18. The van der Waals surface area contributed by atoms with Gasteiger partial charge >= 0.3 is 0 Å². The van der Waals surface area contributed by atoms with Crippen LogP contribution >= 0.6 is 0 Å². The highest BCUT2D eigenvalue weighted by Crippen LogP contribution is 2.20. The first-order chi connectivity index (χ1) is 8.95. The second kappa shape index (κ2) is 7.07. The van der Waals surface area contributed by atoms with Crippen molar-refractivity contribution in [2.45, 2.75) is 47.0 Å². The summed E-state index contributed by atoms with van der Waals surface area (Å²) >= 11 is 0. The predicted octanol–water partition coefficient (Wildman–Crippen LogP) is 3.83. The van der Waals surface area contributed by atoms with Gasteiger partial charge in [0.2, 0.25) is 5.91 Å². The molecule has 104 valence electrons. The molecule has 0 radical (unpaired) electrons. The normalized spacial score (nSPS) is 10.6. The van der Waals surface area contributed by atoms with Crippen LogP contribution in [0.2, 0.25) is 0 Å². The average Bonchev–Trinajstić information content (AvgIpc) is 2.37. The number of anilines is 1. The summed E-state index contributed by atoms with van der Waals surface area (Å²) in [6, 6.07) is 5.72. The van der Waals surface area contributed by atoms with Crippen LogP contribution in [-0.2, 0) is 11.2 Å². The minimum Gasteiger partial charge on any atom is -0.325 e. The molecule has 1 rings (SSSR count). The smallest absolute Gasteiger partial charge is 0.226 e. The van der Waals surface area contributed by atoms with Crippen molar-refractivity contribution in [2.24, 2.45) is 5.92 Å². The SMILES string of the molecule is CCCCc1ccc(NC(=O)C(C)C)c(C(C)=O)c1. The lowest BCUT2D eigenvalue weighted by atomic mass is 10.0. The molecule has 0 aliphatic rings. The fraction of sp³-hybridized carbons (Fsp3) is 0.500. The molecule has 0 aliphatic heterocycles. The van der Waals surface area contributed by atoms with Gasteiger partial charge in [-0.05, 0) is 37.5 Å². The van der Waals surface area contributed by atoms with E-state index in [2.05, 4.69) is 12.2 Å². The number of carbonyl (C=O) groups is 2. The molecule has 0 unspecified atom stereocenters. The number of ketones is 1. The van der Waals surface area contributed by atoms with Gasteiger partial charge in [0.1, 0.15) is 0 Å². The van der Waals surface area contributed by atoms with Gasteiger partial charge in [0.15, 0.2) is 5.78 Å². The number of unbranched alkanes of at least 4 members (excludes halogenated alkanes) is 1. The Balaban J connectivity index is 2.98. The predicted molar refractivity (Wildman–Crippen MR) is 78.5 cm³/mol. The van der Waals surface area contributed by atoms with Crippen molar-refractivity contribution in [3.05, 3.63) is 29.3 Å². The van der Waals surface area contributed by atoms with Crippen molar-refractivity contribution in [3.63, 3.8) is 0 Å². The van der Waals surface area contributed by atoms with Gasteiger partial charge < -0.3 is 5.32 Å². The van der Waals surface area contributed by atoms with Crippen LogP contribution in [0.5, 0.6) is 0 Å². The Hall–Kier alpha value is -1.64. The number of nitrogens with one attached hydrogen (secondary N) is 1. The van der Waals surface area contributed by atoms with Crippen molar-refractivity contribution in [3.8, 4) is 0 Å². The van der Waals surface area contributed by atoms with Crippen LogP contribution in [0.25, 0.3) is 0 Å². The Morgan fingerprint density at radius 3 is 2.47 bits per heavy atom. The maximum absolute atomic E-state index is 11.7. The van der Waals surface area contributed by atoms with E-state index in [1.807, 2.05) is 32.0 Å². The average molecular weight is 261 g/mol. The second-order valence-corrected chi connectivity index (χ2v) is 5.18. The van der Waals surface area contributed by atoms with Crippen LogP contribution in [0.4, 0.5) is 5.69 Å². The first-order valence-corrected chi connectivity index (χ1v) is 6.90. The molecule has 0 saturated heterocycles. The number of Topliss-reactive ketones (excluding diaryl/α,β-unsaturated/α-hetero) is 1. The topological polar surface area (TPSA) is 46.2 Å². The number of benzene rings is 1. The Labute approximate surface area is 115 Å². The van der Waals surface area contributed by atoms with Crippen molar-refractivity contribution in [1.82, 2.24) is 0 Å². The fourth-order valence-corrected chi connectivity index (χ4v) is 1.81. The Bertz CT molecular complexity index is 464. The zero-order valence-corrected chi connectivity index (χ0v) is 12.2. The van der Waals surface area contributed by atoms with Gasteiger partial charge in [-0.3, -0.25) is 9.59 Å². The molecule has 1 aromatic rings. The van der Waals surface area contributed by atoms with Crippen LogP contribution in [-0.4, -0.2) is 11.7 Å². The van der Waals surface area contributed by atoms with E-state index >= 15 is 0 Å². The molecule has 0 bridgehead atoms. The van der Waals surface area contributed by atoms with Crippen molar-refractivity contribution in [1.29, 1.82) is 0 Å². The fourth-order valence-electron chi connectivity index (χ4n) is 1.81. The Morgan fingerprint density at radius 2 is 1.95 bits per heavy atom. The first-order valence-electron chi connectivity index (χ1n) is 6.90. The molecule has 1 aromatic carbocycles. The molecule has 0 spiro atoms. The minimum absolute atomic E-state index is 0.0163. The van der Waals surface area contributed by atoms with Gasteiger partial charge in [0, 0.05) is 11.5 Å². The molecule has 0 fully saturated rings. The van der Waals surface area contributed by atoms with Gasteiger partial charge in [-0.25, -0.2) is 0 Å². The van der Waals surface area contributed by atoms with E-state index < -0.39 is 0 Å². The summed E-state index contributed by atoms with van der Waals surface area (Å²) in [6.45, 7) is 7.34. The standard InChI is InChI=1S/C16H23NO2/c1-5-6-7-13-8-9-15(14(10-13)12(4)18)17-16(19)11(2)3/h8-11H,5-7H2,1-4H3,(H,17,19). The lowest BCUT2D eigenvalue weighted by Crippen LogP contribution is -2.19. The van der Waals surface area contributed by atoms with E-state index in [1.54, 1.807) is 0 Å². The molecular formula is C16H23NO2. The van der Waals surface area contributed by atoms with Crippen molar-refractivity contribution >= 4 is 17.4 Å². The number of rotatable bonds is 6. The quantitative estimate of drug-likeness (QED) is 0.791. The molecule has 0 saturated carbocycles. The molecule has 1 N–H and O–H groups in total. The van der Waals surface area contributed by atoms with Gasteiger partial charge in [-0.15, -0.1) is 0 Å². The van der Waals surface area contributed by atoms with Crippen LogP contribution < -0.4 is 5.32 Å². The monoisotopic (exact) mass is 261 g/mol. The van der Waals surface area contributed by atoms with Crippen molar-refractivity contribution in [2.75, 3.05) is 5.32 Å². The Morgan fingerprint density at radius 1 is 1.26 bits per heavy atom. The molecule has 0 heterocycles. The van der Waals surface area contributed by atoms with Crippen LogP contribution in [0.15, 0.2) is 18.2 Å². The molecule has 0 aromatic heterocycles. The molecular weight excluding hydrogens is 238 g/mol. The minimum atomic E-state index is -0.0976. The molecule has 3 nitrogen and oxygen atoms in total. The summed E-state index contributed by atoms with van der Waals surface area (Å²) in [7, 11) is 0. The van der Waals surface area contributed by atoms with Crippen LogP contribution in [0.1, 0.15) is 56.5 Å². The summed E-state index contributed by atoms with van der Waals surface area (Å²) in [6.07, 6.45) is 3.20. The Kier molecular flexibility index (Phi) is 5.74. The number of hydrogen-bond acceptors (Lipinski definition) is 2. The third kappa shape index (κ3) is 4.51. The highest BCUT2D eigenvalue weighted by molar-refractivity contribution is 6.04. The molecule has 1 amide bonds. The van der Waals surface area contributed by atoms with E-state index in [0.29, 0.717) is 11.3 Å². The number of aryl methyl sites for hydroxylation is 1. The van der Waals surface area contributed by atoms with Crippen molar-refractivity contribution < 1.29 is 9.59 Å². The summed E-state index contributed by atoms with van der Waals surface area (Å²) in [5.74, 6) is -0.180. The molecule has 3 heteroatoms. The summed E-state index contributed by atoms with van der Waals surface area (Å²) in [5, 5.41) is 2.81. The highest BCUT2D eigenvalue weighted by atomic mass is 16.2. The van der Waals surface area contributed by atoms with Gasteiger partial charge in [-0.1, -0.05) is 33.3 Å². The van der Waals surface area contributed by atoms with Crippen LogP contribution in [0, 0.1) is 5.92 Å². The van der Waals surface area contributed by atoms with Gasteiger partial charge in [0.25, 0.3) is 0 Å². The van der Waals surface area contributed by atoms with E-state index in [0.717, 1.165) is 24.8 Å². The summed E-state index contributed by atoms with van der Waals surface area (Å²) in [4.78, 5) is 23.4. The summed E-state index contributed by atoms with van der Waals surface area (Å²) < 4.78 is 0. The van der Waals surface area contributed by atoms with E-state index in [9.17, 15) is 9.59 Å². The third-order valence-corrected chi connectivity index (χ3v) is 3.06. The van der Waals surface area contributed by atoms with E-state index in [1.165, 1.54) is 6.92 Å². The van der Waals surface area contributed by atoms with E-state index in [-0.39, 0.29) is 17.6 Å². The lowest BCUT2D eigenvalue weighted by Gasteiger charge is -2.12. The maximum atomic E-state index is 11.7. The van der Waals surface area contributed by atoms with Gasteiger partial charge in [0.05, 0.1) is 5.69 Å². The molecule has 0 atom stereocenters. The summed E-state index contributed by atoms with van der Waals surface area (Å²) in [5.41, 5.74) is 2.36. The molecule has 0 aliphatic carbocycles. The molecule has 19 heavy (non-hydrogen) atoms. The zero-order valence-electron chi connectivity index (χ0n) is 12.2. The maximum Gasteiger partial charge on any atom is 0.226 e. The largest absolute Gasteiger partial charge is 0.325 e. The highest BCUT2D eigenvalue weighted by Gasteiger charge is 2.13. The van der Waals surface area contributed by atoms with Gasteiger partial charge in [-0.2, -0.15) is 0 Å². The van der Waals surface area contributed by atoms with E-state index in [4.69, 9.17) is 0 Å².